The Hall–Kier alpha value is -0.900. The van der Waals surface area contributed by atoms with Crippen molar-refractivity contribution in [3.8, 4) is 0 Å². The number of rotatable bonds is 3. The molecule has 0 fully saturated rings. The van der Waals surface area contributed by atoms with Crippen LogP contribution < -0.4 is 5.32 Å². The van der Waals surface area contributed by atoms with E-state index in [1.54, 1.807) is 18.0 Å². The molecule has 4 heteroatoms. The molecular weight excluding hydrogens is 220 g/mol. The van der Waals surface area contributed by atoms with Crippen LogP contribution in [-0.4, -0.2) is 17.0 Å². The highest BCUT2D eigenvalue weighted by Crippen LogP contribution is 2.24. The number of nitrogens with one attached hydrogen (secondary N) is 1. The molecule has 0 amide bonds. The summed E-state index contributed by atoms with van der Waals surface area (Å²) < 4.78 is 5.35. The van der Waals surface area contributed by atoms with E-state index in [-0.39, 0.29) is 6.04 Å². The molecule has 2 rings (SSSR count). The van der Waals surface area contributed by atoms with E-state index < -0.39 is 0 Å². The molecule has 2 unspecified atom stereocenters. The zero-order valence-corrected chi connectivity index (χ0v) is 10.8. The summed E-state index contributed by atoms with van der Waals surface area (Å²) in [5.41, 5.74) is 0. The van der Waals surface area contributed by atoms with E-state index in [9.17, 15) is 0 Å². The van der Waals surface area contributed by atoms with Gasteiger partial charge in [-0.15, -0.1) is 0 Å². The van der Waals surface area contributed by atoms with Crippen molar-refractivity contribution in [2.75, 3.05) is 5.75 Å². The van der Waals surface area contributed by atoms with E-state index in [0.717, 1.165) is 16.7 Å². The SMILES string of the molecule is CC(NC1=NC(C(C)C)CS1)c1ccco1. The fourth-order valence-corrected chi connectivity index (χ4v) is 2.86. The van der Waals surface area contributed by atoms with Crippen LogP contribution in [0.15, 0.2) is 27.8 Å². The minimum Gasteiger partial charge on any atom is -0.467 e. The van der Waals surface area contributed by atoms with E-state index in [0.29, 0.717) is 12.0 Å². The molecule has 1 aromatic rings. The number of hydrogen-bond acceptors (Lipinski definition) is 4. The number of amidine groups is 1. The second-order valence-corrected chi connectivity index (χ2v) is 5.45. The van der Waals surface area contributed by atoms with Gasteiger partial charge in [0.2, 0.25) is 0 Å². The minimum atomic E-state index is 0.187. The van der Waals surface area contributed by atoms with Gasteiger partial charge in [-0.25, -0.2) is 0 Å². The maximum atomic E-state index is 5.35. The highest BCUT2D eigenvalue weighted by Gasteiger charge is 2.22. The number of nitrogens with zero attached hydrogens (tertiary/aromatic N) is 1. The van der Waals surface area contributed by atoms with E-state index in [4.69, 9.17) is 4.42 Å². The quantitative estimate of drug-likeness (QED) is 0.879. The molecule has 16 heavy (non-hydrogen) atoms. The minimum absolute atomic E-state index is 0.187. The number of hydrogen-bond donors (Lipinski definition) is 1. The first kappa shape index (κ1) is 11.6. The third-order valence-electron chi connectivity index (χ3n) is 2.75. The zero-order valence-electron chi connectivity index (χ0n) is 9.93. The molecule has 0 saturated carbocycles. The van der Waals surface area contributed by atoms with Crippen molar-refractivity contribution >= 4 is 16.9 Å². The highest BCUT2D eigenvalue weighted by molar-refractivity contribution is 8.14. The summed E-state index contributed by atoms with van der Waals surface area (Å²) in [4.78, 5) is 4.66. The summed E-state index contributed by atoms with van der Waals surface area (Å²) in [6.07, 6.45) is 1.70. The highest BCUT2D eigenvalue weighted by atomic mass is 32.2. The van der Waals surface area contributed by atoms with Gasteiger partial charge in [-0.3, -0.25) is 4.99 Å². The average Bonchev–Trinajstić information content (AvgIpc) is 2.87. The van der Waals surface area contributed by atoms with Gasteiger partial charge in [0.1, 0.15) is 5.76 Å². The fraction of sp³-hybridized carbons (Fsp3) is 0.583. The van der Waals surface area contributed by atoms with Crippen molar-refractivity contribution in [2.24, 2.45) is 10.9 Å². The molecule has 0 radical (unpaired) electrons. The molecule has 3 nitrogen and oxygen atoms in total. The first-order valence-corrected chi connectivity index (χ1v) is 6.66. The number of aliphatic imine (C=N–C) groups is 1. The van der Waals surface area contributed by atoms with Crippen molar-refractivity contribution in [2.45, 2.75) is 32.9 Å². The molecule has 1 aliphatic rings. The van der Waals surface area contributed by atoms with Gasteiger partial charge in [0.25, 0.3) is 0 Å². The zero-order chi connectivity index (χ0) is 11.5. The normalized spacial score (nSPS) is 22.2. The second kappa shape index (κ2) is 4.95. The van der Waals surface area contributed by atoms with Gasteiger partial charge in [0.15, 0.2) is 5.17 Å². The summed E-state index contributed by atoms with van der Waals surface area (Å²) in [6.45, 7) is 6.52. The molecule has 2 atom stereocenters. The molecule has 0 bridgehead atoms. The van der Waals surface area contributed by atoms with Gasteiger partial charge in [-0.05, 0) is 25.0 Å². The smallest absolute Gasteiger partial charge is 0.157 e. The Morgan fingerprint density at radius 2 is 2.31 bits per heavy atom. The lowest BCUT2D eigenvalue weighted by Gasteiger charge is -2.11. The van der Waals surface area contributed by atoms with Gasteiger partial charge in [-0.2, -0.15) is 0 Å². The van der Waals surface area contributed by atoms with Crippen LogP contribution in [-0.2, 0) is 0 Å². The average molecular weight is 238 g/mol. The summed E-state index contributed by atoms with van der Waals surface area (Å²) in [7, 11) is 0. The Balaban J connectivity index is 1.94. The number of furan rings is 1. The molecule has 2 heterocycles. The maximum Gasteiger partial charge on any atom is 0.157 e. The topological polar surface area (TPSA) is 37.5 Å². The van der Waals surface area contributed by atoms with Gasteiger partial charge in [-0.1, -0.05) is 25.6 Å². The Kier molecular flexibility index (Phi) is 3.59. The van der Waals surface area contributed by atoms with E-state index in [1.165, 1.54) is 0 Å². The molecule has 0 spiro atoms. The Morgan fingerprint density at radius 3 is 2.88 bits per heavy atom. The summed E-state index contributed by atoms with van der Waals surface area (Å²) in [5, 5.41) is 4.43. The van der Waals surface area contributed by atoms with Gasteiger partial charge < -0.3 is 9.73 Å². The first-order chi connectivity index (χ1) is 7.66. The predicted octanol–water partition coefficient (Wildman–Crippen LogP) is 3.06. The lowest BCUT2D eigenvalue weighted by atomic mass is 10.1. The largest absolute Gasteiger partial charge is 0.467 e. The molecule has 0 aliphatic carbocycles. The molecule has 1 aromatic heterocycles. The van der Waals surface area contributed by atoms with Gasteiger partial charge >= 0.3 is 0 Å². The maximum absolute atomic E-state index is 5.35. The van der Waals surface area contributed by atoms with Crippen molar-refractivity contribution < 1.29 is 4.42 Å². The molecule has 88 valence electrons. The van der Waals surface area contributed by atoms with Crippen molar-refractivity contribution in [1.29, 1.82) is 0 Å². The third kappa shape index (κ3) is 2.61. The third-order valence-corrected chi connectivity index (χ3v) is 3.76. The second-order valence-electron chi connectivity index (χ2n) is 4.44. The van der Waals surface area contributed by atoms with Gasteiger partial charge in [0.05, 0.1) is 18.3 Å². The van der Waals surface area contributed by atoms with Crippen LogP contribution in [0.5, 0.6) is 0 Å². The summed E-state index contributed by atoms with van der Waals surface area (Å²) >= 11 is 1.80. The summed E-state index contributed by atoms with van der Waals surface area (Å²) in [6, 6.07) is 4.54. The van der Waals surface area contributed by atoms with E-state index >= 15 is 0 Å². The molecule has 1 aliphatic heterocycles. The van der Waals surface area contributed by atoms with Crippen LogP contribution in [0.1, 0.15) is 32.6 Å². The molecule has 0 saturated heterocycles. The molecule has 0 aromatic carbocycles. The van der Waals surface area contributed by atoms with Crippen LogP contribution in [0.2, 0.25) is 0 Å². The predicted molar refractivity (Wildman–Crippen MR) is 68.8 cm³/mol. The Bertz CT molecular complexity index is 359. The van der Waals surface area contributed by atoms with Crippen LogP contribution in [0.25, 0.3) is 0 Å². The van der Waals surface area contributed by atoms with Crippen LogP contribution in [0, 0.1) is 5.92 Å². The van der Waals surface area contributed by atoms with E-state index in [1.807, 2.05) is 12.1 Å². The van der Waals surface area contributed by atoms with Gasteiger partial charge in [0, 0.05) is 5.75 Å². The van der Waals surface area contributed by atoms with Crippen LogP contribution in [0.4, 0.5) is 0 Å². The first-order valence-electron chi connectivity index (χ1n) is 5.67. The monoisotopic (exact) mass is 238 g/mol. The molecular formula is C12H18N2OS. The lowest BCUT2D eigenvalue weighted by Crippen LogP contribution is -2.22. The standard InChI is InChI=1S/C12H18N2OS/c1-8(2)10-7-16-12(14-10)13-9(3)11-5-4-6-15-11/h4-6,8-10H,7H2,1-3H3,(H,13,14). The summed E-state index contributed by atoms with van der Waals surface area (Å²) in [5.74, 6) is 2.66. The Morgan fingerprint density at radius 1 is 1.50 bits per heavy atom. The molecule has 1 N–H and O–H groups in total. The van der Waals surface area contributed by atoms with Crippen molar-refractivity contribution in [3.63, 3.8) is 0 Å². The Labute approximate surface area is 101 Å². The van der Waals surface area contributed by atoms with Crippen molar-refractivity contribution in [3.05, 3.63) is 24.2 Å². The van der Waals surface area contributed by atoms with Crippen LogP contribution in [0.3, 0.4) is 0 Å². The number of thioether (sulfide) groups is 1. The van der Waals surface area contributed by atoms with Crippen LogP contribution >= 0.6 is 11.8 Å². The van der Waals surface area contributed by atoms with E-state index in [2.05, 4.69) is 31.1 Å². The van der Waals surface area contributed by atoms with Crippen molar-refractivity contribution in [1.82, 2.24) is 5.32 Å². The fourth-order valence-electron chi connectivity index (χ4n) is 1.60. The lowest BCUT2D eigenvalue weighted by molar-refractivity contribution is 0.463.